The molecule has 0 heterocycles. The first kappa shape index (κ1) is 18.7. The van der Waals surface area contributed by atoms with Crippen LogP contribution in [-0.4, -0.2) is 11.5 Å². The summed E-state index contributed by atoms with van der Waals surface area (Å²) in [5.74, 6) is 0.824. The second-order valence-corrected chi connectivity index (χ2v) is 7.05. The van der Waals surface area contributed by atoms with Gasteiger partial charge in [0.2, 0.25) is 0 Å². The van der Waals surface area contributed by atoms with Gasteiger partial charge in [0.15, 0.2) is 0 Å². The maximum atomic E-state index is 10.9. The van der Waals surface area contributed by atoms with E-state index in [1.165, 1.54) is 12.1 Å². The first-order chi connectivity index (χ1) is 11.5. The van der Waals surface area contributed by atoms with Crippen LogP contribution < -0.4 is 4.74 Å². The monoisotopic (exact) mass is 546 g/mol. The van der Waals surface area contributed by atoms with E-state index in [0.29, 0.717) is 17.7 Å². The molecule has 0 spiro atoms. The molecule has 0 aliphatic rings. The summed E-state index contributed by atoms with van der Waals surface area (Å²) in [5, 5.41) is 20.3. The van der Waals surface area contributed by atoms with Crippen LogP contribution in [0.4, 0.5) is 5.69 Å². The first-order valence-corrected chi connectivity index (χ1v) is 9.10. The van der Waals surface area contributed by atoms with Crippen LogP contribution in [0.3, 0.4) is 0 Å². The van der Waals surface area contributed by atoms with E-state index in [-0.39, 0.29) is 5.69 Å². The van der Waals surface area contributed by atoms with Crippen LogP contribution in [0.25, 0.3) is 11.6 Å². The number of hydrogen-bond donors (Lipinski definition) is 0. The minimum Gasteiger partial charge on any atom is -0.492 e. The quantitative estimate of drug-likeness (QED) is 0.169. The zero-order chi connectivity index (χ0) is 17.7. The molecule has 0 bridgehead atoms. The van der Waals surface area contributed by atoms with Crippen LogP contribution in [0.15, 0.2) is 36.4 Å². The molecule has 122 valence electrons. The van der Waals surface area contributed by atoms with Gasteiger partial charge < -0.3 is 4.74 Å². The second-order valence-electron chi connectivity index (χ2n) is 4.72. The van der Waals surface area contributed by atoms with Crippen molar-refractivity contribution >= 4 is 62.5 Å². The van der Waals surface area contributed by atoms with Crippen molar-refractivity contribution < 1.29 is 9.66 Å². The molecule has 0 saturated heterocycles. The molecule has 0 aromatic heterocycles. The van der Waals surface area contributed by atoms with Gasteiger partial charge in [0, 0.05) is 12.1 Å². The van der Waals surface area contributed by atoms with Gasteiger partial charge in [-0.3, -0.25) is 10.1 Å². The summed E-state index contributed by atoms with van der Waals surface area (Å²) in [6.07, 6.45) is 1.72. The van der Waals surface area contributed by atoms with Gasteiger partial charge in [-0.1, -0.05) is 12.1 Å². The Bertz CT molecular complexity index is 834. The SMILES string of the molecule is CCOc1c(I)cc(/C=C(/C#N)c2cccc([N+](=O)[O-])c2)cc1I. The zero-order valence-corrected chi connectivity index (χ0v) is 16.9. The van der Waals surface area contributed by atoms with Gasteiger partial charge in [-0.05, 0) is 81.4 Å². The Labute approximate surface area is 166 Å². The van der Waals surface area contributed by atoms with E-state index < -0.39 is 4.92 Å². The van der Waals surface area contributed by atoms with E-state index in [9.17, 15) is 15.4 Å². The number of nitro benzene ring substituents is 1. The predicted octanol–water partition coefficient (Wildman–Crippen LogP) is 5.27. The van der Waals surface area contributed by atoms with Gasteiger partial charge in [-0.2, -0.15) is 5.26 Å². The Balaban J connectivity index is 2.47. The highest BCUT2D eigenvalue weighted by Crippen LogP contribution is 2.31. The molecular weight excluding hydrogens is 534 g/mol. The molecule has 5 nitrogen and oxygen atoms in total. The molecule has 7 heteroatoms. The average Bonchev–Trinajstić information content (AvgIpc) is 2.56. The molecule has 0 aliphatic carbocycles. The van der Waals surface area contributed by atoms with Gasteiger partial charge in [-0.25, -0.2) is 0 Å². The van der Waals surface area contributed by atoms with E-state index in [1.807, 2.05) is 19.1 Å². The van der Waals surface area contributed by atoms with Gasteiger partial charge >= 0.3 is 0 Å². The minimum absolute atomic E-state index is 0.0375. The van der Waals surface area contributed by atoms with Crippen LogP contribution in [0.5, 0.6) is 5.75 Å². The third-order valence-electron chi connectivity index (χ3n) is 3.11. The molecule has 24 heavy (non-hydrogen) atoms. The van der Waals surface area contributed by atoms with E-state index in [2.05, 4.69) is 51.3 Å². The summed E-state index contributed by atoms with van der Waals surface area (Å²) in [4.78, 5) is 10.4. The summed E-state index contributed by atoms with van der Waals surface area (Å²) in [6.45, 7) is 2.51. The topological polar surface area (TPSA) is 76.2 Å². The van der Waals surface area contributed by atoms with E-state index in [4.69, 9.17) is 4.74 Å². The van der Waals surface area contributed by atoms with Crippen molar-refractivity contribution in [2.24, 2.45) is 0 Å². The lowest BCUT2D eigenvalue weighted by Gasteiger charge is -2.09. The first-order valence-electron chi connectivity index (χ1n) is 6.94. The molecule has 2 aromatic carbocycles. The summed E-state index contributed by atoms with van der Waals surface area (Å²) >= 11 is 4.38. The molecule has 0 saturated carbocycles. The van der Waals surface area contributed by atoms with Crippen molar-refractivity contribution in [1.82, 2.24) is 0 Å². The number of allylic oxidation sites excluding steroid dienone is 1. The standard InChI is InChI=1S/C17H12I2N2O3/c1-2-24-17-15(18)7-11(8-16(17)19)6-13(10-20)12-4-3-5-14(9-12)21(22)23/h3-9H,2H2,1H3/b13-6-. The highest BCUT2D eigenvalue weighted by Gasteiger charge is 2.11. The maximum absolute atomic E-state index is 10.9. The van der Waals surface area contributed by atoms with Crippen molar-refractivity contribution in [2.45, 2.75) is 6.92 Å². The molecule has 0 N–H and O–H groups in total. The summed E-state index contributed by atoms with van der Waals surface area (Å²) in [5.41, 5.74) is 1.69. The number of nitrogens with zero attached hydrogens (tertiary/aromatic N) is 2. The summed E-state index contributed by atoms with van der Waals surface area (Å²) in [6, 6.07) is 12.0. The van der Waals surface area contributed by atoms with Crippen LogP contribution in [0.1, 0.15) is 18.1 Å². The molecule has 0 radical (unpaired) electrons. The number of halogens is 2. The van der Waals surface area contributed by atoms with E-state index in [0.717, 1.165) is 18.5 Å². The Morgan fingerprint density at radius 3 is 2.54 bits per heavy atom. The van der Waals surface area contributed by atoms with Crippen molar-refractivity contribution in [1.29, 1.82) is 5.26 Å². The zero-order valence-electron chi connectivity index (χ0n) is 12.6. The predicted molar refractivity (Wildman–Crippen MR) is 110 cm³/mol. The Hall–Kier alpha value is -1.67. The van der Waals surface area contributed by atoms with Crippen molar-refractivity contribution in [3.8, 4) is 11.8 Å². The highest BCUT2D eigenvalue weighted by molar-refractivity contribution is 14.1. The van der Waals surface area contributed by atoms with Crippen LogP contribution in [-0.2, 0) is 0 Å². The molecule has 0 amide bonds. The lowest BCUT2D eigenvalue weighted by Crippen LogP contribution is -1.97. The number of benzene rings is 2. The van der Waals surface area contributed by atoms with Crippen molar-refractivity contribution in [3.63, 3.8) is 0 Å². The van der Waals surface area contributed by atoms with Gasteiger partial charge in [0.25, 0.3) is 5.69 Å². The average molecular weight is 546 g/mol. The van der Waals surface area contributed by atoms with Crippen LogP contribution in [0.2, 0.25) is 0 Å². The van der Waals surface area contributed by atoms with Gasteiger partial charge in [-0.15, -0.1) is 0 Å². The van der Waals surface area contributed by atoms with Crippen LogP contribution in [0, 0.1) is 28.6 Å². The highest BCUT2D eigenvalue weighted by atomic mass is 127. The normalized spacial score (nSPS) is 11.0. The van der Waals surface area contributed by atoms with Crippen LogP contribution >= 0.6 is 45.2 Å². The Morgan fingerprint density at radius 2 is 2.00 bits per heavy atom. The molecule has 0 unspecified atom stereocenters. The summed E-state index contributed by atoms with van der Waals surface area (Å²) in [7, 11) is 0. The molecule has 2 rings (SSSR count). The molecule has 0 atom stereocenters. The fraction of sp³-hybridized carbons (Fsp3) is 0.118. The fourth-order valence-electron chi connectivity index (χ4n) is 2.08. The number of nitriles is 1. The number of non-ortho nitro benzene ring substituents is 1. The fourth-order valence-corrected chi connectivity index (χ4v) is 4.21. The maximum Gasteiger partial charge on any atom is 0.270 e. The molecular formula is C17H12I2N2O3. The lowest BCUT2D eigenvalue weighted by atomic mass is 10.0. The Morgan fingerprint density at radius 1 is 1.33 bits per heavy atom. The summed E-state index contributed by atoms with van der Waals surface area (Å²) < 4.78 is 7.50. The molecule has 2 aromatic rings. The third-order valence-corrected chi connectivity index (χ3v) is 4.71. The van der Waals surface area contributed by atoms with E-state index in [1.54, 1.807) is 18.2 Å². The largest absolute Gasteiger partial charge is 0.492 e. The van der Waals surface area contributed by atoms with E-state index >= 15 is 0 Å². The second kappa shape index (κ2) is 8.43. The molecule has 0 aliphatic heterocycles. The number of rotatable bonds is 5. The number of ether oxygens (including phenoxy) is 1. The third kappa shape index (κ3) is 4.45. The minimum atomic E-state index is -0.471. The molecule has 0 fully saturated rings. The van der Waals surface area contributed by atoms with Crippen molar-refractivity contribution in [2.75, 3.05) is 6.61 Å². The van der Waals surface area contributed by atoms with Crippen molar-refractivity contribution in [3.05, 3.63) is 64.8 Å². The number of hydrogen-bond acceptors (Lipinski definition) is 4. The smallest absolute Gasteiger partial charge is 0.270 e. The Kier molecular flexibility index (Phi) is 6.56. The van der Waals surface area contributed by atoms with Gasteiger partial charge in [0.1, 0.15) is 5.75 Å². The van der Waals surface area contributed by atoms with Gasteiger partial charge in [0.05, 0.1) is 30.3 Å². The number of nitro groups is 1. The lowest BCUT2D eigenvalue weighted by molar-refractivity contribution is -0.384.